The number of aromatic nitrogens is 3. The Morgan fingerprint density at radius 3 is 2.55 bits per heavy atom. The van der Waals surface area contributed by atoms with Gasteiger partial charge in [0, 0.05) is 34.6 Å². The fourth-order valence-electron chi connectivity index (χ4n) is 2.05. The Bertz CT molecular complexity index is 697. The predicted molar refractivity (Wildman–Crippen MR) is 82.8 cm³/mol. The minimum Gasteiger partial charge on any atom is -0.380 e. The maximum atomic E-state index is 4.11. The molecule has 5 heteroatoms. The van der Waals surface area contributed by atoms with Crippen molar-refractivity contribution in [3.8, 4) is 11.4 Å². The third kappa shape index (κ3) is 2.72. The van der Waals surface area contributed by atoms with Crippen molar-refractivity contribution in [2.75, 3.05) is 5.32 Å². The first kappa shape index (κ1) is 12.9. The molecule has 0 fully saturated rings. The number of nitrogens with one attached hydrogen (secondary N) is 1. The molecule has 0 bridgehead atoms. The quantitative estimate of drug-likeness (QED) is 0.797. The Balaban J connectivity index is 1.69. The molecule has 0 aliphatic rings. The fraction of sp³-hybridized carbons (Fsp3) is 0.200. The van der Waals surface area contributed by atoms with Crippen LogP contribution < -0.4 is 5.32 Å². The second kappa shape index (κ2) is 5.46. The molecule has 0 aliphatic carbocycles. The third-order valence-electron chi connectivity index (χ3n) is 3.12. The summed E-state index contributed by atoms with van der Waals surface area (Å²) in [5.74, 6) is 0.880. The Labute approximate surface area is 122 Å². The normalized spacial score (nSPS) is 10.7. The number of hydrogen-bond acceptors (Lipinski definition) is 4. The molecule has 0 aliphatic heterocycles. The molecular weight excluding hydrogens is 268 g/mol. The van der Waals surface area contributed by atoms with E-state index in [2.05, 4.69) is 58.8 Å². The van der Waals surface area contributed by atoms with Crippen LogP contribution in [-0.4, -0.2) is 14.8 Å². The average Bonchev–Trinajstić information content (AvgIpc) is 3.06. The summed E-state index contributed by atoms with van der Waals surface area (Å²) in [5.41, 5.74) is 2.18. The van der Waals surface area contributed by atoms with Crippen molar-refractivity contribution in [3.05, 3.63) is 52.5 Å². The van der Waals surface area contributed by atoms with E-state index in [1.807, 2.05) is 23.0 Å². The summed E-state index contributed by atoms with van der Waals surface area (Å²) in [5, 5.41) is 11.4. The lowest BCUT2D eigenvalue weighted by atomic mass is 10.2. The van der Waals surface area contributed by atoms with Crippen LogP contribution in [0.25, 0.3) is 11.4 Å². The molecule has 2 heterocycles. The largest absolute Gasteiger partial charge is 0.380 e. The number of rotatable bonds is 4. The Hall–Kier alpha value is -2.14. The first-order chi connectivity index (χ1) is 9.72. The molecule has 2 aromatic heterocycles. The topological polar surface area (TPSA) is 42.7 Å². The van der Waals surface area contributed by atoms with E-state index in [0.29, 0.717) is 0 Å². The van der Waals surface area contributed by atoms with Crippen LogP contribution in [0.2, 0.25) is 0 Å². The van der Waals surface area contributed by atoms with Crippen LogP contribution >= 0.6 is 11.3 Å². The summed E-state index contributed by atoms with van der Waals surface area (Å²) in [6.07, 6.45) is 1.71. The third-order valence-corrected chi connectivity index (χ3v) is 4.12. The van der Waals surface area contributed by atoms with E-state index in [9.17, 15) is 0 Å². The molecule has 0 saturated heterocycles. The molecular formula is C15H16N4S. The first-order valence-corrected chi connectivity index (χ1v) is 7.27. The van der Waals surface area contributed by atoms with E-state index >= 15 is 0 Å². The summed E-state index contributed by atoms with van der Waals surface area (Å²) in [6.45, 7) is 2.99. The SMILES string of the molecule is Cc1ccc(CNc2ccc(-c3nncn3C)cc2)s1. The average molecular weight is 284 g/mol. The highest BCUT2D eigenvalue weighted by Crippen LogP contribution is 2.20. The van der Waals surface area contributed by atoms with Crippen molar-refractivity contribution in [2.24, 2.45) is 7.05 Å². The van der Waals surface area contributed by atoms with Crippen LogP contribution in [-0.2, 0) is 13.6 Å². The number of benzene rings is 1. The van der Waals surface area contributed by atoms with Crippen molar-refractivity contribution >= 4 is 17.0 Å². The van der Waals surface area contributed by atoms with E-state index in [4.69, 9.17) is 0 Å². The van der Waals surface area contributed by atoms with E-state index in [1.54, 1.807) is 6.33 Å². The number of nitrogens with zero attached hydrogens (tertiary/aromatic N) is 3. The summed E-state index contributed by atoms with van der Waals surface area (Å²) in [6, 6.07) is 12.6. The zero-order valence-corrected chi connectivity index (χ0v) is 12.3. The van der Waals surface area contributed by atoms with Crippen LogP contribution in [0.5, 0.6) is 0 Å². The first-order valence-electron chi connectivity index (χ1n) is 6.46. The fourth-order valence-corrected chi connectivity index (χ4v) is 2.88. The maximum absolute atomic E-state index is 4.11. The van der Waals surface area contributed by atoms with Gasteiger partial charge in [0.1, 0.15) is 6.33 Å². The van der Waals surface area contributed by atoms with Crippen LogP contribution in [0, 0.1) is 6.92 Å². The highest BCUT2D eigenvalue weighted by atomic mass is 32.1. The second-order valence-electron chi connectivity index (χ2n) is 4.71. The van der Waals surface area contributed by atoms with Crippen molar-refractivity contribution in [3.63, 3.8) is 0 Å². The maximum Gasteiger partial charge on any atom is 0.163 e. The highest BCUT2D eigenvalue weighted by molar-refractivity contribution is 7.11. The van der Waals surface area contributed by atoms with Crippen molar-refractivity contribution in [1.29, 1.82) is 0 Å². The predicted octanol–water partition coefficient (Wildman–Crippen LogP) is 3.46. The van der Waals surface area contributed by atoms with E-state index in [1.165, 1.54) is 9.75 Å². The van der Waals surface area contributed by atoms with E-state index in [0.717, 1.165) is 23.6 Å². The Morgan fingerprint density at radius 2 is 1.95 bits per heavy atom. The lowest BCUT2D eigenvalue weighted by Gasteiger charge is -2.06. The molecule has 3 aromatic rings. The minimum atomic E-state index is 0.863. The molecule has 102 valence electrons. The van der Waals surface area contributed by atoms with Crippen LogP contribution in [0.3, 0.4) is 0 Å². The van der Waals surface area contributed by atoms with Gasteiger partial charge in [-0.3, -0.25) is 0 Å². The summed E-state index contributed by atoms with van der Waals surface area (Å²) in [7, 11) is 1.95. The van der Waals surface area contributed by atoms with E-state index in [-0.39, 0.29) is 0 Å². The van der Waals surface area contributed by atoms with Crippen molar-refractivity contribution in [2.45, 2.75) is 13.5 Å². The van der Waals surface area contributed by atoms with Gasteiger partial charge in [0.05, 0.1) is 0 Å². The van der Waals surface area contributed by atoms with Gasteiger partial charge in [0.25, 0.3) is 0 Å². The minimum absolute atomic E-state index is 0.863. The molecule has 3 rings (SSSR count). The molecule has 0 spiro atoms. The zero-order valence-electron chi connectivity index (χ0n) is 11.5. The van der Waals surface area contributed by atoms with Gasteiger partial charge >= 0.3 is 0 Å². The monoisotopic (exact) mass is 284 g/mol. The van der Waals surface area contributed by atoms with Crippen molar-refractivity contribution in [1.82, 2.24) is 14.8 Å². The lowest BCUT2D eigenvalue weighted by molar-refractivity contribution is 0.920. The second-order valence-corrected chi connectivity index (χ2v) is 6.08. The molecule has 0 amide bonds. The van der Waals surface area contributed by atoms with Gasteiger partial charge in [0.15, 0.2) is 5.82 Å². The zero-order chi connectivity index (χ0) is 13.9. The Morgan fingerprint density at radius 1 is 1.15 bits per heavy atom. The summed E-state index contributed by atoms with van der Waals surface area (Å²) in [4.78, 5) is 2.69. The smallest absolute Gasteiger partial charge is 0.163 e. The summed E-state index contributed by atoms with van der Waals surface area (Å²) < 4.78 is 1.91. The van der Waals surface area contributed by atoms with Gasteiger partial charge in [-0.2, -0.15) is 0 Å². The molecule has 0 radical (unpaired) electrons. The van der Waals surface area contributed by atoms with Crippen LogP contribution in [0.1, 0.15) is 9.75 Å². The number of aryl methyl sites for hydroxylation is 2. The summed E-state index contributed by atoms with van der Waals surface area (Å²) >= 11 is 1.83. The van der Waals surface area contributed by atoms with E-state index < -0.39 is 0 Å². The molecule has 20 heavy (non-hydrogen) atoms. The molecule has 4 nitrogen and oxygen atoms in total. The van der Waals surface area contributed by atoms with Crippen molar-refractivity contribution < 1.29 is 0 Å². The number of anilines is 1. The van der Waals surface area contributed by atoms with Gasteiger partial charge in [-0.05, 0) is 43.3 Å². The number of thiophene rings is 1. The van der Waals surface area contributed by atoms with Gasteiger partial charge in [-0.1, -0.05) is 0 Å². The molecule has 1 aromatic carbocycles. The lowest BCUT2D eigenvalue weighted by Crippen LogP contribution is -1.97. The standard InChI is InChI=1S/C15H16N4S/c1-11-3-8-14(20-11)9-16-13-6-4-12(5-7-13)15-18-17-10-19(15)2/h3-8,10,16H,9H2,1-2H3. The van der Waals surface area contributed by atoms with Gasteiger partial charge in [0.2, 0.25) is 0 Å². The van der Waals surface area contributed by atoms with Gasteiger partial charge < -0.3 is 9.88 Å². The number of hydrogen-bond donors (Lipinski definition) is 1. The molecule has 0 unspecified atom stereocenters. The molecule has 0 saturated carbocycles. The molecule has 1 N–H and O–H groups in total. The Kier molecular flexibility index (Phi) is 3.52. The van der Waals surface area contributed by atoms with Crippen LogP contribution in [0.4, 0.5) is 5.69 Å². The molecule has 0 atom stereocenters. The van der Waals surface area contributed by atoms with Gasteiger partial charge in [-0.25, -0.2) is 0 Å². The van der Waals surface area contributed by atoms with Crippen LogP contribution in [0.15, 0.2) is 42.7 Å². The van der Waals surface area contributed by atoms with Gasteiger partial charge in [-0.15, -0.1) is 21.5 Å². The highest BCUT2D eigenvalue weighted by Gasteiger charge is 2.04.